The van der Waals surface area contributed by atoms with E-state index in [4.69, 9.17) is 16.3 Å². The molecule has 0 bridgehead atoms. The maximum atomic E-state index is 6.24. The Morgan fingerprint density at radius 1 is 1.26 bits per heavy atom. The highest BCUT2D eigenvalue weighted by Gasteiger charge is 2.20. The minimum Gasteiger partial charge on any atom is -0.487 e. The monoisotopic (exact) mass is 283 g/mol. The molecule has 1 rings (SSSR count). The number of hydrogen-bond donors (Lipinski definition) is 1. The highest BCUT2D eigenvalue weighted by molar-refractivity contribution is 6.32. The minimum absolute atomic E-state index is 0.167. The van der Waals surface area contributed by atoms with Gasteiger partial charge in [0, 0.05) is 6.04 Å². The predicted molar refractivity (Wildman–Crippen MR) is 83.3 cm³/mol. The summed E-state index contributed by atoms with van der Waals surface area (Å²) in [6, 6.07) is 6.34. The molecule has 0 heterocycles. The summed E-state index contributed by atoms with van der Waals surface area (Å²) < 4.78 is 6.12. The van der Waals surface area contributed by atoms with Crippen LogP contribution in [0.15, 0.2) is 18.2 Å². The van der Waals surface area contributed by atoms with Gasteiger partial charge in [0.05, 0.1) is 5.02 Å². The molecule has 108 valence electrons. The Bertz CT molecular complexity index is 375. The van der Waals surface area contributed by atoms with Crippen molar-refractivity contribution in [2.24, 2.45) is 0 Å². The Hall–Kier alpha value is -0.730. The largest absolute Gasteiger partial charge is 0.487 e. The fourth-order valence-corrected chi connectivity index (χ4v) is 2.59. The van der Waals surface area contributed by atoms with E-state index in [-0.39, 0.29) is 6.10 Å². The van der Waals surface area contributed by atoms with Gasteiger partial charge >= 0.3 is 0 Å². The van der Waals surface area contributed by atoms with Crippen LogP contribution in [0.1, 0.15) is 45.6 Å². The quantitative estimate of drug-likeness (QED) is 0.754. The van der Waals surface area contributed by atoms with E-state index in [0.717, 1.165) is 37.1 Å². The van der Waals surface area contributed by atoms with Crippen molar-refractivity contribution in [2.45, 2.75) is 59.1 Å². The van der Waals surface area contributed by atoms with Gasteiger partial charge in [-0.25, -0.2) is 0 Å². The molecule has 19 heavy (non-hydrogen) atoms. The molecule has 2 unspecified atom stereocenters. The Kier molecular flexibility index (Phi) is 7.25. The standard InChI is InChI=1S/C16H26ClNO/c1-5-8-14(18-7-3)15(6-2)19-16-10-9-12(4)11-13(16)17/h9-11,14-15,18H,5-8H2,1-4H3. The van der Waals surface area contributed by atoms with Crippen molar-refractivity contribution in [1.29, 1.82) is 0 Å². The van der Waals surface area contributed by atoms with Crippen LogP contribution in [-0.2, 0) is 0 Å². The Labute approximate surface area is 122 Å². The van der Waals surface area contributed by atoms with Crippen molar-refractivity contribution in [3.05, 3.63) is 28.8 Å². The number of benzene rings is 1. The van der Waals surface area contributed by atoms with E-state index in [1.54, 1.807) is 0 Å². The molecule has 0 radical (unpaired) electrons. The van der Waals surface area contributed by atoms with Crippen LogP contribution in [0.4, 0.5) is 0 Å². The second kappa shape index (κ2) is 8.44. The molecule has 2 atom stereocenters. The number of aryl methyl sites for hydroxylation is 1. The SMILES string of the molecule is CCCC(NCC)C(CC)Oc1ccc(C)cc1Cl. The van der Waals surface area contributed by atoms with Gasteiger partial charge in [0.1, 0.15) is 11.9 Å². The third-order valence-corrected chi connectivity index (χ3v) is 3.58. The molecule has 0 aromatic heterocycles. The van der Waals surface area contributed by atoms with Gasteiger partial charge in [-0.1, -0.05) is 44.9 Å². The van der Waals surface area contributed by atoms with Crippen LogP contribution in [0, 0.1) is 6.92 Å². The van der Waals surface area contributed by atoms with Crippen molar-refractivity contribution in [2.75, 3.05) is 6.54 Å². The number of nitrogens with one attached hydrogen (secondary N) is 1. The van der Waals surface area contributed by atoms with Gasteiger partial charge in [0.2, 0.25) is 0 Å². The second-order valence-corrected chi connectivity index (χ2v) is 5.36. The number of likely N-dealkylation sites (N-methyl/N-ethyl adjacent to an activating group) is 1. The zero-order valence-electron chi connectivity index (χ0n) is 12.5. The van der Waals surface area contributed by atoms with Gasteiger partial charge < -0.3 is 10.1 Å². The zero-order valence-corrected chi connectivity index (χ0v) is 13.3. The van der Waals surface area contributed by atoms with Crippen LogP contribution in [-0.4, -0.2) is 18.7 Å². The van der Waals surface area contributed by atoms with Crippen LogP contribution in [0.3, 0.4) is 0 Å². The summed E-state index contributed by atoms with van der Waals surface area (Å²) in [4.78, 5) is 0. The minimum atomic E-state index is 0.167. The van der Waals surface area contributed by atoms with Crippen LogP contribution >= 0.6 is 11.6 Å². The third-order valence-electron chi connectivity index (χ3n) is 3.28. The number of halogens is 1. The van der Waals surface area contributed by atoms with E-state index in [2.05, 4.69) is 26.1 Å². The molecule has 2 nitrogen and oxygen atoms in total. The molecule has 0 fully saturated rings. The lowest BCUT2D eigenvalue weighted by atomic mass is 10.0. The van der Waals surface area contributed by atoms with Gasteiger partial charge in [-0.05, 0) is 44.0 Å². The van der Waals surface area contributed by atoms with Crippen LogP contribution in [0.5, 0.6) is 5.75 Å². The summed E-state index contributed by atoms with van der Waals surface area (Å²) in [5, 5.41) is 4.22. The lowest BCUT2D eigenvalue weighted by Crippen LogP contribution is -2.42. The average molecular weight is 284 g/mol. The highest BCUT2D eigenvalue weighted by Crippen LogP contribution is 2.27. The summed E-state index contributed by atoms with van der Waals surface area (Å²) in [5.74, 6) is 0.790. The molecule has 0 amide bonds. The molecule has 0 spiro atoms. The summed E-state index contributed by atoms with van der Waals surface area (Å²) in [7, 11) is 0. The molecule has 0 aliphatic carbocycles. The number of hydrogen-bond acceptors (Lipinski definition) is 2. The molecule has 0 saturated heterocycles. The molecule has 3 heteroatoms. The van der Waals surface area contributed by atoms with Crippen LogP contribution in [0.2, 0.25) is 5.02 Å². The first-order chi connectivity index (χ1) is 9.12. The van der Waals surface area contributed by atoms with Crippen molar-refractivity contribution < 1.29 is 4.74 Å². The first-order valence-corrected chi connectivity index (χ1v) is 7.66. The molecule has 0 saturated carbocycles. The Balaban J connectivity index is 2.78. The molecule has 1 aromatic carbocycles. The molecule has 1 N–H and O–H groups in total. The molecule has 0 aliphatic rings. The molecule has 0 aliphatic heterocycles. The normalized spacial score (nSPS) is 14.2. The lowest BCUT2D eigenvalue weighted by molar-refractivity contribution is 0.143. The first-order valence-electron chi connectivity index (χ1n) is 7.28. The van der Waals surface area contributed by atoms with Gasteiger partial charge in [-0.15, -0.1) is 0 Å². The predicted octanol–water partition coefficient (Wildman–Crippen LogP) is 4.58. The highest BCUT2D eigenvalue weighted by atomic mass is 35.5. The van der Waals surface area contributed by atoms with E-state index in [1.807, 2.05) is 25.1 Å². The van der Waals surface area contributed by atoms with Crippen molar-refractivity contribution in [3.8, 4) is 5.75 Å². The molecular formula is C16H26ClNO. The topological polar surface area (TPSA) is 21.3 Å². The second-order valence-electron chi connectivity index (χ2n) is 4.95. The van der Waals surface area contributed by atoms with Crippen LogP contribution in [0.25, 0.3) is 0 Å². The van der Waals surface area contributed by atoms with Gasteiger partial charge in [-0.2, -0.15) is 0 Å². The number of rotatable bonds is 8. The van der Waals surface area contributed by atoms with Crippen LogP contribution < -0.4 is 10.1 Å². The van der Waals surface area contributed by atoms with Gasteiger partial charge in [0.25, 0.3) is 0 Å². The van der Waals surface area contributed by atoms with E-state index >= 15 is 0 Å². The van der Waals surface area contributed by atoms with E-state index in [0.29, 0.717) is 11.1 Å². The van der Waals surface area contributed by atoms with E-state index < -0.39 is 0 Å². The van der Waals surface area contributed by atoms with Crippen molar-refractivity contribution >= 4 is 11.6 Å². The van der Waals surface area contributed by atoms with Crippen molar-refractivity contribution in [1.82, 2.24) is 5.32 Å². The zero-order chi connectivity index (χ0) is 14.3. The fraction of sp³-hybridized carbons (Fsp3) is 0.625. The molecule has 1 aromatic rings. The lowest BCUT2D eigenvalue weighted by Gasteiger charge is -2.28. The molecular weight excluding hydrogens is 258 g/mol. The number of ether oxygens (including phenoxy) is 1. The van der Waals surface area contributed by atoms with Gasteiger partial charge in [0.15, 0.2) is 0 Å². The van der Waals surface area contributed by atoms with E-state index in [1.165, 1.54) is 0 Å². The fourth-order valence-electron chi connectivity index (χ4n) is 2.31. The summed E-state index contributed by atoms with van der Waals surface area (Å²) in [6.07, 6.45) is 3.41. The first kappa shape index (κ1) is 16.3. The maximum absolute atomic E-state index is 6.24. The third kappa shape index (κ3) is 5.04. The smallest absolute Gasteiger partial charge is 0.138 e. The maximum Gasteiger partial charge on any atom is 0.138 e. The van der Waals surface area contributed by atoms with Crippen molar-refractivity contribution in [3.63, 3.8) is 0 Å². The average Bonchev–Trinajstić information content (AvgIpc) is 2.38. The Morgan fingerprint density at radius 3 is 2.53 bits per heavy atom. The van der Waals surface area contributed by atoms with Gasteiger partial charge in [-0.3, -0.25) is 0 Å². The Morgan fingerprint density at radius 2 is 2.00 bits per heavy atom. The summed E-state index contributed by atoms with van der Waals surface area (Å²) in [5.41, 5.74) is 1.15. The summed E-state index contributed by atoms with van der Waals surface area (Å²) in [6.45, 7) is 9.49. The summed E-state index contributed by atoms with van der Waals surface area (Å²) >= 11 is 6.24. The van der Waals surface area contributed by atoms with E-state index in [9.17, 15) is 0 Å².